The molecule has 152 valence electrons. The molecular weight excluding hydrogens is 383 g/mol. The molecule has 0 aliphatic rings. The van der Waals surface area contributed by atoms with Crippen LogP contribution in [0.15, 0.2) is 60.0 Å². The zero-order valence-corrected chi connectivity index (χ0v) is 16.9. The summed E-state index contributed by atoms with van der Waals surface area (Å²) in [6.45, 7) is 4.12. The Kier molecular flexibility index (Phi) is 5.38. The lowest BCUT2D eigenvalue weighted by Gasteiger charge is -2.06. The molecule has 2 heterocycles. The number of hydrogen-bond donors (Lipinski definition) is 1. The molecule has 0 fully saturated rings. The van der Waals surface area contributed by atoms with Gasteiger partial charge in [-0.25, -0.2) is 19.0 Å². The summed E-state index contributed by atoms with van der Waals surface area (Å²) in [6.07, 6.45) is 3.00. The average molecular weight is 404 g/mol. The van der Waals surface area contributed by atoms with Crippen LogP contribution in [-0.4, -0.2) is 33.1 Å². The monoisotopic (exact) mass is 404 g/mol. The standard InChI is InChI=1S/C22H21FN6O/c1-14(2)20-19-21(27-26-12-15-6-4-7-16(23)10-15)24-13-25-22(19)29(28-20)17-8-5-9-18(11-17)30-3/h4-14H,1-3H3,(H,24,25,27)/b26-12+. The number of halogens is 1. The maximum Gasteiger partial charge on any atom is 0.168 e. The molecule has 0 saturated carbocycles. The second kappa shape index (κ2) is 8.28. The molecule has 0 amide bonds. The zero-order chi connectivity index (χ0) is 21.1. The molecular formula is C22H21FN6O. The number of rotatable bonds is 6. The Morgan fingerprint density at radius 3 is 2.73 bits per heavy atom. The van der Waals surface area contributed by atoms with Crippen molar-refractivity contribution >= 4 is 23.1 Å². The summed E-state index contributed by atoms with van der Waals surface area (Å²) in [7, 11) is 1.63. The minimum atomic E-state index is -0.315. The van der Waals surface area contributed by atoms with Gasteiger partial charge in [0.25, 0.3) is 0 Å². The highest BCUT2D eigenvalue weighted by Gasteiger charge is 2.20. The Morgan fingerprint density at radius 2 is 1.97 bits per heavy atom. The number of fused-ring (bicyclic) bond motifs is 1. The first-order chi connectivity index (χ1) is 14.6. The van der Waals surface area contributed by atoms with Crippen molar-refractivity contribution in [1.29, 1.82) is 0 Å². The zero-order valence-electron chi connectivity index (χ0n) is 16.9. The van der Waals surface area contributed by atoms with Gasteiger partial charge in [-0.3, -0.25) is 5.43 Å². The molecule has 7 nitrogen and oxygen atoms in total. The number of benzene rings is 2. The maximum absolute atomic E-state index is 13.4. The molecule has 0 spiro atoms. The SMILES string of the molecule is COc1cccc(-n2nc(C(C)C)c3c(N/N=C/c4cccc(F)c4)ncnc32)c1. The van der Waals surface area contributed by atoms with Gasteiger partial charge in [-0.05, 0) is 35.7 Å². The van der Waals surface area contributed by atoms with E-state index in [1.54, 1.807) is 30.1 Å². The highest BCUT2D eigenvalue weighted by atomic mass is 19.1. The van der Waals surface area contributed by atoms with Crippen LogP contribution in [0.25, 0.3) is 16.7 Å². The molecule has 4 aromatic rings. The predicted octanol–water partition coefficient (Wildman–Crippen LogP) is 4.53. The third kappa shape index (κ3) is 3.84. The van der Waals surface area contributed by atoms with Gasteiger partial charge >= 0.3 is 0 Å². The Balaban J connectivity index is 1.77. The van der Waals surface area contributed by atoms with E-state index in [9.17, 15) is 4.39 Å². The van der Waals surface area contributed by atoms with E-state index in [0.29, 0.717) is 17.0 Å². The van der Waals surface area contributed by atoms with E-state index in [1.165, 1.54) is 18.5 Å². The minimum Gasteiger partial charge on any atom is -0.497 e. The molecule has 2 aromatic heterocycles. The van der Waals surface area contributed by atoms with Crippen molar-refractivity contribution in [2.75, 3.05) is 12.5 Å². The van der Waals surface area contributed by atoms with Gasteiger partial charge in [0.2, 0.25) is 0 Å². The van der Waals surface area contributed by atoms with Crippen LogP contribution < -0.4 is 10.2 Å². The molecule has 2 aromatic carbocycles. The van der Waals surface area contributed by atoms with Crippen molar-refractivity contribution in [3.8, 4) is 11.4 Å². The quantitative estimate of drug-likeness (QED) is 0.377. The molecule has 30 heavy (non-hydrogen) atoms. The molecule has 8 heteroatoms. The van der Waals surface area contributed by atoms with Gasteiger partial charge in [0, 0.05) is 6.07 Å². The van der Waals surface area contributed by atoms with Crippen molar-refractivity contribution in [2.24, 2.45) is 5.10 Å². The number of methoxy groups -OCH3 is 1. The van der Waals surface area contributed by atoms with Gasteiger partial charge in [-0.2, -0.15) is 10.2 Å². The number of anilines is 1. The number of nitrogens with zero attached hydrogens (tertiary/aromatic N) is 5. The van der Waals surface area contributed by atoms with Gasteiger partial charge in [-0.15, -0.1) is 0 Å². The van der Waals surface area contributed by atoms with E-state index in [2.05, 4.69) is 34.3 Å². The number of hydrogen-bond acceptors (Lipinski definition) is 6. The average Bonchev–Trinajstić information content (AvgIpc) is 3.15. The topological polar surface area (TPSA) is 77.2 Å². The molecule has 0 bridgehead atoms. The van der Waals surface area contributed by atoms with Crippen molar-refractivity contribution in [3.63, 3.8) is 0 Å². The van der Waals surface area contributed by atoms with Crippen LogP contribution >= 0.6 is 0 Å². The molecule has 1 N–H and O–H groups in total. The first-order valence-electron chi connectivity index (χ1n) is 9.49. The summed E-state index contributed by atoms with van der Waals surface area (Å²) < 4.78 is 20.5. The lowest BCUT2D eigenvalue weighted by atomic mass is 10.1. The molecule has 0 radical (unpaired) electrons. The fourth-order valence-electron chi connectivity index (χ4n) is 3.14. The third-order valence-electron chi connectivity index (χ3n) is 4.57. The minimum absolute atomic E-state index is 0.137. The third-order valence-corrected chi connectivity index (χ3v) is 4.57. The molecule has 0 aliphatic heterocycles. The van der Waals surface area contributed by atoms with E-state index in [0.717, 1.165) is 22.5 Å². The first-order valence-corrected chi connectivity index (χ1v) is 9.49. The van der Waals surface area contributed by atoms with Gasteiger partial charge in [0.15, 0.2) is 11.5 Å². The highest BCUT2D eigenvalue weighted by molar-refractivity contribution is 5.91. The summed E-state index contributed by atoms with van der Waals surface area (Å²) in [5, 5.41) is 9.80. The van der Waals surface area contributed by atoms with Crippen LogP contribution in [0.3, 0.4) is 0 Å². The number of aromatic nitrogens is 4. The lowest BCUT2D eigenvalue weighted by molar-refractivity contribution is 0.414. The van der Waals surface area contributed by atoms with Crippen LogP contribution in [0.5, 0.6) is 5.75 Å². The number of ether oxygens (including phenoxy) is 1. The van der Waals surface area contributed by atoms with Crippen LogP contribution in [0.2, 0.25) is 0 Å². The fraction of sp³-hybridized carbons (Fsp3) is 0.182. The summed E-state index contributed by atoms with van der Waals surface area (Å²) in [6, 6.07) is 13.8. The maximum atomic E-state index is 13.4. The van der Waals surface area contributed by atoms with Crippen molar-refractivity contribution in [3.05, 3.63) is 71.9 Å². The van der Waals surface area contributed by atoms with Crippen LogP contribution in [-0.2, 0) is 0 Å². The second-order valence-corrected chi connectivity index (χ2v) is 7.00. The fourth-order valence-corrected chi connectivity index (χ4v) is 3.14. The van der Waals surface area contributed by atoms with Crippen LogP contribution in [0, 0.1) is 5.82 Å². The Bertz CT molecular complexity index is 1220. The lowest BCUT2D eigenvalue weighted by Crippen LogP contribution is -2.00. The van der Waals surface area contributed by atoms with Gasteiger partial charge in [0.05, 0.1) is 30.1 Å². The summed E-state index contributed by atoms with van der Waals surface area (Å²) in [4.78, 5) is 8.81. The van der Waals surface area contributed by atoms with Crippen molar-refractivity contribution < 1.29 is 9.13 Å². The van der Waals surface area contributed by atoms with E-state index in [-0.39, 0.29) is 11.7 Å². The van der Waals surface area contributed by atoms with E-state index in [1.807, 2.05) is 24.3 Å². The van der Waals surface area contributed by atoms with Gasteiger partial charge < -0.3 is 4.74 Å². The molecule has 0 unspecified atom stereocenters. The smallest absolute Gasteiger partial charge is 0.168 e. The molecule has 0 atom stereocenters. The highest BCUT2D eigenvalue weighted by Crippen LogP contribution is 2.31. The van der Waals surface area contributed by atoms with Crippen molar-refractivity contribution in [1.82, 2.24) is 19.7 Å². The van der Waals surface area contributed by atoms with Gasteiger partial charge in [0.1, 0.15) is 17.9 Å². The Labute approximate surface area is 173 Å². The van der Waals surface area contributed by atoms with E-state index in [4.69, 9.17) is 9.84 Å². The first kappa shape index (κ1) is 19.5. The summed E-state index contributed by atoms with van der Waals surface area (Å²) in [5.74, 6) is 1.09. The van der Waals surface area contributed by atoms with E-state index < -0.39 is 0 Å². The largest absolute Gasteiger partial charge is 0.497 e. The molecule has 0 aliphatic carbocycles. The van der Waals surface area contributed by atoms with Gasteiger partial charge in [-0.1, -0.05) is 32.0 Å². The van der Waals surface area contributed by atoms with E-state index >= 15 is 0 Å². The Morgan fingerprint density at radius 1 is 1.13 bits per heavy atom. The second-order valence-electron chi connectivity index (χ2n) is 7.00. The van der Waals surface area contributed by atoms with Crippen molar-refractivity contribution in [2.45, 2.75) is 19.8 Å². The summed E-state index contributed by atoms with van der Waals surface area (Å²) in [5.41, 5.74) is 5.93. The summed E-state index contributed by atoms with van der Waals surface area (Å²) >= 11 is 0. The van der Waals surface area contributed by atoms with Crippen LogP contribution in [0.4, 0.5) is 10.2 Å². The molecule has 4 rings (SSSR count). The van der Waals surface area contributed by atoms with Crippen LogP contribution in [0.1, 0.15) is 31.0 Å². The number of hydrazone groups is 1. The predicted molar refractivity (Wildman–Crippen MR) is 115 cm³/mol. The Hall–Kier alpha value is -3.81. The normalized spacial score (nSPS) is 11.5. The molecule has 0 saturated heterocycles. The number of nitrogens with one attached hydrogen (secondary N) is 1.